The van der Waals surface area contributed by atoms with Gasteiger partial charge in [0.15, 0.2) is 5.96 Å². The first kappa shape index (κ1) is 7.80. The van der Waals surface area contributed by atoms with Gasteiger partial charge in [-0.25, -0.2) is 5.84 Å². The number of nitrogens with zero attached hydrogens (tertiary/aromatic N) is 1. The van der Waals surface area contributed by atoms with Gasteiger partial charge in [0, 0.05) is 6.54 Å². The van der Waals surface area contributed by atoms with E-state index in [0.29, 0.717) is 19.0 Å². The molecule has 0 bridgehead atoms. The topological polar surface area (TPSA) is 106 Å². The number of hydrogen-bond donors (Lipinski definition) is 4. The summed E-state index contributed by atoms with van der Waals surface area (Å²) in [5.74, 6) is 4.90. The summed E-state index contributed by atoms with van der Waals surface area (Å²) in [5, 5.41) is 2.76. The Bertz CT molecular complexity index is 189. The Morgan fingerprint density at radius 3 is 3.00 bits per heavy atom. The zero-order chi connectivity index (χ0) is 8.27. The Labute approximate surface area is 64.0 Å². The van der Waals surface area contributed by atoms with Crippen molar-refractivity contribution in [3.8, 4) is 0 Å². The molecule has 0 radical (unpaired) electrons. The fourth-order valence-corrected chi connectivity index (χ4v) is 0.850. The van der Waals surface area contributed by atoms with E-state index < -0.39 is 0 Å². The maximum Gasteiger partial charge on any atom is 0.240 e. The summed E-state index contributed by atoms with van der Waals surface area (Å²) in [6, 6.07) is 0. The molecule has 1 rings (SSSR count). The molecule has 0 spiro atoms. The molecule has 0 aliphatic carbocycles. The molecule has 1 atom stereocenters. The number of nitrogens with one attached hydrogen (secondary N) is 2. The Morgan fingerprint density at radius 2 is 2.55 bits per heavy atom. The van der Waals surface area contributed by atoms with Crippen molar-refractivity contribution in [1.29, 1.82) is 0 Å². The molecule has 0 saturated heterocycles. The van der Waals surface area contributed by atoms with Crippen LogP contribution in [0.1, 0.15) is 0 Å². The van der Waals surface area contributed by atoms with Crippen molar-refractivity contribution in [2.24, 2.45) is 22.5 Å². The lowest BCUT2D eigenvalue weighted by molar-refractivity contribution is -0.124. The van der Waals surface area contributed by atoms with Crippen LogP contribution in [0.15, 0.2) is 4.99 Å². The largest absolute Gasteiger partial charge is 0.370 e. The zero-order valence-corrected chi connectivity index (χ0v) is 6.00. The monoisotopic (exact) mass is 157 g/mol. The predicted octanol–water partition coefficient (Wildman–Crippen LogP) is -2.49. The minimum absolute atomic E-state index is 0.202. The molecule has 1 amide bonds. The molecule has 62 valence electrons. The van der Waals surface area contributed by atoms with Crippen LogP contribution in [-0.2, 0) is 4.79 Å². The molecule has 6 heteroatoms. The van der Waals surface area contributed by atoms with Gasteiger partial charge >= 0.3 is 0 Å². The van der Waals surface area contributed by atoms with E-state index in [1.54, 1.807) is 0 Å². The van der Waals surface area contributed by atoms with E-state index in [4.69, 9.17) is 11.6 Å². The number of aliphatic imine (C=N–C) groups is 1. The van der Waals surface area contributed by atoms with Crippen molar-refractivity contribution in [2.45, 2.75) is 0 Å². The van der Waals surface area contributed by atoms with Crippen molar-refractivity contribution in [3.05, 3.63) is 0 Å². The van der Waals surface area contributed by atoms with Crippen LogP contribution in [0, 0.1) is 5.92 Å². The summed E-state index contributed by atoms with van der Waals surface area (Å²) in [6.07, 6.45) is 0. The highest BCUT2D eigenvalue weighted by Crippen LogP contribution is 1.98. The van der Waals surface area contributed by atoms with Gasteiger partial charge in [-0.3, -0.25) is 15.2 Å². The SMILES string of the molecule is NNC(=O)C1CN=C(N)NC1. The van der Waals surface area contributed by atoms with Crippen LogP contribution in [0.3, 0.4) is 0 Å². The molecule has 0 saturated carbocycles. The van der Waals surface area contributed by atoms with Crippen LogP contribution in [-0.4, -0.2) is 25.0 Å². The highest BCUT2D eigenvalue weighted by molar-refractivity contribution is 5.83. The normalized spacial score (nSPS) is 23.4. The van der Waals surface area contributed by atoms with Crippen LogP contribution in [0.4, 0.5) is 0 Å². The van der Waals surface area contributed by atoms with E-state index in [2.05, 4.69) is 15.7 Å². The van der Waals surface area contributed by atoms with Gasteiger partial charge in [-0.15, -0.1) is 0 Å². The molecule has 0 aromatic rings. The molecule has 6 nitrogen and oxygen atoms in total. The van der Waals surface area contributed by atoms with E-state index in [1.807, 2.05) is 0 Å². The van der Waals surface area contributed by atoms with Crippen molar-refractivity contribution in [2.75, 3.05) is 13.1 Å². The van der Waals surface area contributed by atoms with Gasteiger partial charge < -0.3 is 11.1 Å². The van der Waals surface area contributed by atoms with E-state index in [1.165, 1.54) is 0 Å². The Kier molecular flexibility index (Phi) is 2.27. The first-order chi connectivity index (χ1) is 5.24. The van der Waals surface area contributed by atoms with Crippen molar-refractivity contribution >= 4 is 11.9 Å². The number of hydrogen-bond acceptors (Lipinski definition) is 5. The molecule has 6 N–H and O–H groups in total. The average Bonchev–Trinajstić information content (AvgIpc) is 2.05. The van der Waals surface area contributed by atoms with Crippen LogP contribution >= 0.6 is 0 Å². The number of rotatable bonds is 1. The van der Waals surface area contributed by atoms with Gasteiger partial charge in [0.2, 0.25) is 5.91 Å². The average molecular weight is 157 g/mol. The van der Waals surface area contributed by atoms with E-state index in [0.717, 1.165) is 0 Å². The van der Waals surface area contributed by atoms with Gasteiger partial charge in [-0.05, 0) is 0 Å². The summed E-state index contributed by atoms with van der Waals surface area (Å²) >= 11 is 0. The second-order valence-electron chi connectivity index (χ2n) is 2.31. The lowest BCUT2D eigenvalue weighted by Crippen LogP contribution is -2.48. The highest BCUT2D eigenvalue weighted by atomic mass is 16.2. The summed E-state index contributed by atoms with van der Waals surface area (Å²) < 4.78 is 0. The molecular weight excluding hydrogens is 146 g/mol. The first-order valence-corrected chi connectivity index (χ1v) is 3.28. The van der Waals surface area contributed by atoms with Gasteiger partial charge in [0.25, 0.3) is 0 Å². The Morgan fingerprint density at radius 1 is 1.82 bits per heavy atom. The second kappa shape index (κ2) is 3.20. The molecule has 1 aliphatic rings. The zero-order valence-electron chi connectivity index (χ0n) is 6.00. The fourth-order valence-electron chi connectivity index (χ4n) is 0.850. The van der Waals surface area contributed by atoms with Gasteiger partial charge in [0.1, 0.15) is 0 Å². The fraction of sp³-hybridized carbons (Fsp3) is 0.600. The number of amides is 1. The molecule has 1 heterocycles. The van der Waals surface area contributed by atoms with Crippen LogP contribution in [0.5, 0.6) is 0 Å². The lowest BCUT2D eigenvalue weighted by Gasteiger charge is -2.18. The number of carbonyl (C=O) groups is 1. The smallest absolute Gasteiger partial charge is 0.240 e. The van der Waals surface area contributed by atoms with Gasteiger partial charge in [-0.2, -0.15) is 0 Å². The molecule has 0 aromatic heterocycles. The Balaban J connectivity index is 2.47. The third-order valence-corrected chi connectivity index (χ3v) is 1.52. The van der Waals surface area contributed by atoms with Crippen molar-refractivity contribution < 1.29 is 4.79 Å². The van der Waals surface area contributed by atoms with Gasteiger partial charge in [0.05, 0.1) is 12.5 Å². The maximum atomic E-state index is 10.9. The minimum atomic E-state index is -0.214. The number of carbonyl (C=O) groups excluding carboxylic acids is 1. The molecule has 11 heavy (non-hydrogen) atoms. The number of nitrogens with two attached hydrogens (primary N) is 2. The summed E-state index contributed by atoms with van der Waals surface area (Å²) in [6.45, 7) is 0.903. The third-order valence-electron chi connectivity index (χ3n) is 1.52. The quantitative estimate of drug-likeness (QED) is 0.192. The van der Waals surface area contributed by atoms with Crippen molar-refractivity contribution in [1.82, 2.24) is 10.7 Å². The molecule has 1 aliphatic heterocycles. The van der Waals surface area contributed by atoms with Crippen LogP contribution in [0.2, 0.25) is 0 Å². The molecular formula is C5H11N5O. The predicted molar refractivity (Wildman–Crippen MR) is 40.3 cm³/mol. The first-order valence-electron chi connectivity index (χ1n) is 3.28. The van der Waals surface area contributed by atoms with Crippen LogP contribution < -0.4 is 22.3 Å². The van der Waals surface area contributed by atoms with Crippen molar-refractivity contribution in [3.63, 3.8) is 0 Å². The highest BCUT2D eigenvalue weighted by Gasteiger charge is 2.19. The summed E-state index contributed by atoms with van der Waals surface area (Å²) in [4.78, 5) is 14.7. The summed E-state index contributed by atoms with van der Waals surface area (Å²) in [5.41, 5.74) is 7.37. The van der Waals surface area contributed by atoms with E-state index in [-0.39, 0.29) is 11.8 Å². The molecule has 1 unspecified atom stereocenters. The van der Waals surface area contributed by atoms with Gasteiger partial charge in [-0.1, -0.05) is 0 Å². The maximum absolute atomic E-state index is 10.9. The number of guanidine groups is 1. The van der Waals surface area contributed by atoms with E-state index in [9.17, 15) is 4.79 Å². The standard InChI is InChI=1S/C5H11N5O/c6-5-8-1-3(2-9-5)4(11)10-7/h3H,1-2,7H2,(H,10,11)(H3,6,8,9). The second-order valence-corrected chi connectivity index (χ2v) is 2.31. The van der Waals surface area contributed by atoms with Crippen LogP contribution in [0.25, 0.3) is 0 Å². The summed E-state index contributed by atoms with van der Waals surface area (Å²) in [7, 11) is 0. The molecule has 0 fully saturated rings. The minimum Gasteiger partial charge on any atom is -0.370 e. The third kappa shape index (κ3) is 1.81. The Hall–Kier alpha value is -1.30. The molecule has 0 aromatic carbocycles. The number of hydrazine groups is 1. The lowest BCUT2D eigenvalue weighted by atomic mass is 10.1. The van der Waals surface area contributed by atoms with E-state index >= 15 is 0 Å².